The van der Waals surface area contributed by atoms with Crippen LogP contribution >= 0.6 is 0 Å². The van der Waals surface area contributed by atoms with Gasteiger partial charge in [-0.25, -0.2) is 0 Å². The van der Waals surface area contributed by atoms with E-state index in [1.807, 2.05) is 7.05 Å². The van der Waals surface area contributed by atoms with E-state index in [4.69, 9.17) is 0 Å². The number of hydrogen-bond acceptors (Lipinski definition) is 2. The number of hydrogen-bond donors (Lipinski definition) is 1. The lowest BCUT2D eigenvalue weighted by Gasteiger charge is -2.32. The summed E-state index contributed by atoms with van der Waals surface area (Å²) in [5, 5.41) is 3.23. The monoisotopic (exact) mass is 246 g/mol. The molecule has 0 aliphatic carbocycles. The quantitative estimate of drug-likeness (QED) is 0.879. The standard InChI is InChI=1S/C16H26N2/c1-13-4-5-16(14(2)12-13)15-6-9-18(10-7-15)11-8-17-3/h4-5,12,15,17H,6-11H2,1-3H3. The molecule has 1 N–H and O–H groups in total. The van der Waals surface area contributed by atoms with E-state index in [2.05, 4.69) is 42.3 Å². The first kappa shape index (κ1) is 13.6. The van der Waals surface area contributed by atoms with Crippen LogP contribution in [0.5, 0.6) is 0 Å². The van der Waals surface area contributed by atoms with Gasteiger partial charge in [-0.1, -0.05) is 23.8 Å². The lowest BCUT2D eigenvalue weighted by atomic mass is 9.86. The van der Waals surface area contributed by atoms with Gasteiger partial charge in [0.25, 0.3) is 0 Å². The molecule has 0 atom stereocenters. The molecule has 100 valence electrons. The Kier molecular flexibility index (Phi) is 4.79. The topological polar surface area (TPSA) is 15.3 Å². The summed E-state index contributed by atoms with van der Waals surface area (Å²) in [6, 6.07) is 6.93. The molecule has 0 spiro atoms. The molecule has 2 rings (SSSR count). The predicted molar refractivity (Wildman–Crippen MR) is 78.3 cm³/mol. The molecule has 2 nitrogen and oxygen atoms in total. The zero-order valence-corrected chi connectivity index (χ0v) is 12.0. The molecule has 2 heteroatoms. The van der Waals surface area contributed by atoms with Crippen molar-refractivity contribution in [3.8, 4) is 0 Å². The summed E-state index contributed by atoms with van der Waals surface area (Å²) in [5.74, 6) is 0.774. The van der Waals surface area contributed by atoms with E-state index in [1.54, 1.807) is 5.56 Å². The fourth-order valence-electron chi connectivity index (χ4n) is 3.02. The van der Waals surface area contributed by atoms with Crippen molar-refractivity contribution in [3.63, 3.8) is 0 Å². The molecule has 1 fully saturated rings. The van der Waals surface area contributed by atoms with Gasteiger partial charge in [-0.15, -0.1) is 0 Å². The molecule has 18 heavy (non-hydrogen) atoms. The van der Waals surface area contributed by atoms with Crippen molar-refractivity contribution >= 4 is 0 Å². The summed E-state index contributed by atoms with van der Waals surface area (Å²) in [6.07, 6.45) is 2.63. The van der Waals surface area contributed by atoms with Crippen molar-refractivity contribution in [3.05, 3.63) is 34.9 Å². The molecule has 1 aromatic carbocycles. The lowest BCUT2D eigenvalue weighted by Crippen LogP contribution is -2.37. The average Bonchev–Trinajstić information content (AvgIpc) is 2.37. The average molecular weight is 246 g/mol. The zero-order chi connectivity index (χ0) is 13.0. The van der Waals surface area contributed by atoms with Crippen LogP contribution in [0.2, 0.25) is 0 Å². The lowest BCUT2D eigenvalue weighted by molar-refractivity contribution is 0.214. The number of likely N-dealkylation sites (N-methyl/N-ethyl adjacent to an activating group) is 1. The highest BCUT2D eigenvalue weighted by molar-refractivity contribution is 5.33. The third-order valence-corrected chi connectivity index (χ3v) is 4.13. The maximum absolute atomic E-state index is 3.23. The van der Waals surface area contributed by atoms with Crippen LogP contribution in [-0.4, -0.2) is 38.1 Å². The van der Waals surface area contributed by atoms with Gasteiger partial charge in [-0.2, -0.15) is 0 Å². The Balaban J connectivity index is 1.93. The molecule has 0 bridgehead atoms. The number of aryl methyl sites for hydroxylation is 2. The highest BCUT2D eigenvalue weighted by atomic mass is 15.1. The van der Waals surface area contributed by atoms with E-state index < -0.39 is 0 Å². The van der Waals surface area contributed by atoms with E-state index in [1.165, 1.54) is 43.6 Å². The molecule has 1 heterocycles. The van der Waals surface area contributed by atoms with Gasteiger partial charge in [0.2, 0.25) is 0 Å². The molecule has 0 saturated carbocycles. The van der Waals surface area contributed by atoms with Crippen molar-refractivity contribution in [2.75, 3.05) is 33.2 Å². The summed E-state index contributed by atoms with van der Waals surface area (Å²) in [6.45, 7) is 9.23. The van der Waals surface area contributed by atoms with Crippen LogP contribution in [0.25, 0.3) is 0 Å². The Morgan fingerprint density at radius 1 is 1.22 bits per heavy atom. The van der Waals surface area contributed by atoms with Crippen LogP contribution in [-0.2, 0) is 0 Å². The minimum Gasteiger partial charge on any atom is -0.318 e. The summed E-state index contributed by atoms with van der Waals surface area (Å²) in [7, 11) is 2.03. The van der Waals surface area contributed by atoms with Crippen LogP contribution < -0.4 is 5.32 Å². The number of piperidine rings is 1. The SMILES string of the molecule is CNCCN1CCC(c2ccc(C)cc2C)CC1. The van der Waals surface area contributed by atoms with E-state index in [0.717, 1.165) is 12.5 Å². The number of likely N-dealkylation sites (tertiary alicyclic amines) is 1. The van der Waals surface area contributed by atoms with Crippen molar-refractivity contribution < 1.29 is 0 Å². The minimum absolute atomic E-state index is 0.774. The van der Waals surface area contributed by atoms with Gasteiger partial charge in [0.15, 0.2) is 0 Å². The van der Waals surface area contributed by atoms with Gasteiger partial charge in [0.05, 0.1) is 0 Å². The van der Waals surface area contributed by atoms with E-state index in [0.29, 0.717) is 0 Å². The highest BCUT2D eigenvalue weighted by Gasteiger charge is 2.21. The second-order valence-corrected chi connectivity index (χ2v) is 5.58. The second-order valence-electron chi connectivity index (χ2n) is 5.58. The molecule has 1 saturated heterocycles. The van der Waals surface area contributed by atoms with Crippen LogP contribution in [0.1, 0.15) is 35.4 Å². The number of nitrogens with one attached hydrogen (secondary N) is 1. The summed E-state index contributed by atoms with van der Waals surface area (Å²) in [4.78, 5) is 2.58. The number of benzene rings is 1. The smallest absolute Gasteiger partial charge is 0.0107 e. The van der Waals surface area contributed by atoms with Gasteiger partial charge in [0.1, 0.15) is 0 Å². The molecule has 0 radical (unpaired) electrons. The van der Waals surface area contributed by atoms with Gasteiger partial charge in [-0.05, 0) is 63.9 Å². The van der Waals surface area contributed by atoms with Gasteiger partial charge >= 0.3 is 0 Å². The van der Waals surface area contributed by atoms with Gasteiger partial charge in [0, 0.05) is 13.1 Å². The largest absolute Gasteiger partial charge is 0.318 e. The molecular weight excluding hydrogens is 220 g/mol. The van der Waals surface area contributed by atoms with Crippen LogP contribution in [0.15, 0.2) is 18.2 Å². The first-order valence-corrected chi connectivity index (χ1v) is 7.15. The predicted octanol–water partition coefficient (Wildman–Crippen LogP) is 2.70. The Morgan fingerprint density at radius 2 is 1.94 bits per heavy atom. The Hall–Kier alpha value is -0.860. The molecule has 1 aliphatic heterocycles. The number of nitrogens with zero attached hydrogens (tertiary/aromatic N) is 1. The third kappa shape index (κ3) is 3.33. The summed E-state index contributed by atoms with van der Waals surface area (Å²) < 4.78 is 0. The van der Waals surface area contributed by atoms with Gasteiger partial charge < -0.3 is 10.2 Å². The fourth-order valence-corrected chi connectivity index (χ4v) is 3.02. The maximum atomic E-state index is 3.23. The van der Waals surface area contributed by atoms with Crippen molar-refractivity contribution in [1.29, 1.82) is 0 Å². The maximum Gasteiger partial charge on any atom is 0.0107 e. The molecule has 0 amide bonds. The van der Waals surface area contributed by atoms with Crippen molar-refractivity contribution in [2.24, 2.45) is 0 Å². The van der Waals surface area contributed by atoms with Crippen LogP contribution in [0.4, 0.5) is 0 Å². The molecule has 1 aliphatic rings. The Morgan fingerprint density at radius 3 is 2.56 bits per heavy atom. The number of rotatable bonds is 4. The third-order valence-electron chi connectivity index (χ3n) is 4.13. The molecule has 0 aromatic heterocycles. The second kappa shape index (κ2) is 6.35. The Bertz CT molecular complexity index is 379. The minimum atomic E-state index is 0.774. The highest BCUT2D eigenvalue weighted by Crippen LogP contribution is 2.30. The van der Waals surface area contributed by atoms with Crippen LogP contribution in [0.3, 0.4) is 0 Å². The van der Waals surface area contributed by atoms with Crippen molar-refractivity contribution in [1.82, 2.24) is 10.2 Å². The molecule has 0 unspecified atom stereocenters. The van der Waals surface area contributed by atoms with E-state index in [-0.39, 0.29) is 0 Å². The Labute approximate surface area is 111 Å². The molecule has 1 aromatic rings. The first-order chi connectivity index (χ1) is 8.70. The first-order valence-electron chi connectivity index (χ1n) is 7.15. The van der Waals surface area contributed by atoms with Crippen LogP contribution in [0, 0.1) is 13.8 Å². The summed E-state index contributed by atoms with van der Waals surface area (Å²) in [5.41, 5.74) is 4.43. The molecular formula is C16H26N2. The zero-order valence-electron chi connectivity index (χ0n) is 12.0. The summed E-state index contributed by atoms with van der Waals surface area (Å²) >= 11 is 0. The van der Waals surface area contributed by atoms with E-state index in [9.17, 15) is 0 Å². The fraction of sp³-hybridized carbons (Fsp3) is 0.625. The van der Waals surface area contributed by atoms with Gasteiger partial charge in [-0.3, -0.25) is 0 Å². The normalized spacial score (nSPS) is 18.2. The van der Waals surface area contributed by atoms with Crippen molar-refractivity contribution in [2.45, 2.75) is 32.6 Å². The van der Waals surface area contributed by atoms with E-state index >= 15 is 0 Å².